The van der Waals surface area contributed by atoms with Crippen molar-refractivity contribution in [1.29, 1.82) is 0 Å². The van der Waals surface area contributed by atoms with Gasteiger partial charge in [-0.1, -0.05) is 31.1 Å². The van der Waals surface area contributed by atoms with Gasteiger partial charge in [-0.25, -0.2) is 0 Å². The molecule has 0 amide bonds. The van der Waals surface area contributed by atoms with Crippen molar-refractivity contribution in [1.82, 2.24) is 4.90 Å². The highest BCUT2D eigenvalue weighted by Gasteiger charge is 2.30. The van der Waals surface area contributed by atoms with E-state index in [1.165, 1.54) is 0 Å². The number of rotatable bonds is 6. The molecule has 3 aromatic carbocycles. The van der Waals surface area contributed by atoms with E-state index >= 15 is 0 Å². The lowest BCUT2D eigenvalue weighted by Crippen LogP contribution is -2.53. The second-order valence-corrected chi connectivity index (χ2v) is 8.42. The maximum absolute atomic E-state index is 10.0. The van der Waals surface area contributed by atoms with Gasteiger partial charge in [0.15, 0.2) is 0 Å². The molecule has 2 N–H and O–H groups in total. The van der Waals surface area contributed by atoms with E-state index in [1.54, 1.807) is 54.6 Å². The van der Waals surface area contributed by atoms with E-state index in [9.17, 15) is 10.2 Å². The van der Waals surface area contributed by atoms with Crippen molar-refractivity contribution in [2.45, 2.75) is 32.4 Å². The lowest BCUT2D eigenvalue weighted by molar-refractivity contribution is 0.0202. The summed E-state index contributed by atoms with van der Waals surface area (Å²) in [6.45, 7) is 1.56. The largest absolute Gasteiger partial charge is 0.508 e. The van der Waals surface area contributed by atoms with Gasteiger partial charge in [0.05, 0.1) is 2.74 Å². The fourth-order valence-electron chi connectivity index (χ4n) is 4.39. The first-order chi connectivity index (χ1) is 18.0. The first-order valence-corrected chi connectivity index (χ1v) is 11.0. The van der Waals surface area contributed by atoms with Gasteiger partial charge >= 0.3 is 0 Å². The number of ether oxygens (including phenoxy) is 2. The Kier molecular flexibility index (Phi) is 4.34. The van der Waals surface area contributed by atoms with Crippen LogP contribution in [-0.4, -0.2) is 40.9 Å². The number of aromatic hydroxyl groups is 2. The summed E-state index contributed by atoms with van der Waals surface area (Å²) in [5, 5.41) is 19.9. The van der Waals surface area contributed by atoms with Crippen LogP contribution in [0.2, 0.25) is 0 Å². The topological polar surface area (TPSA) is 62.2 Å². The number of fused-ring (bicyclic) bond motifs is 1. The monoisotopic (exact) mass is 448 g/mol. The van der Waals surface area contributed by atoms with E-state index in [0.29, 0.717) is 30.9 Å². The number of nitrogens with zero attached hydrogens (tertiary/aromatic N) is 1. The lowest BCUT2D eigenvalue weighted by Gasteiger charge is -2.38. The number of hydrogen-bond donors (Lipinski definition) is 2. The van der Waals surface area contributed by atoms with Gasteiger partial charge in [0, 0.05) is 34.4 Å². The van der Waals surface area contributed by atoms with Crippen molar-refractivity contribution in [2.75, 3.05) is 19.6 Å². The van der Waals surface area contributed by atoms with Crippen LogP contribution in [0.1, 0.15) is 49.8 Å². The molecule has 2 aliphatic heterocycles. The van der Waals surface area contributed by atoms with Crippen LogP contribution >= 0.6 is 0 Å². The van der Waals surface area contributed by atoms with Crippen molar-refractivity contribution >= 4 is 11.1 Å². The maximum atomic E-state index is 10.0. The van der Waals surface area contributed by atoms with Crippen molar-refractivity contribution in [3.8, 4) is 23.0 Å². The number of phenolic OH excluding ortho intramolecular Hbond substituents is 2. The number of hydrogen-bond acceptors (Lipinski definition) is 5. The van der Waals surface area contributed by atoms with Gasteiger partial charge in [-0.15, -0.1) is 0 Å². The van der Waals surface area contributed by atoms with Crippen LogP contribution in [0.25, 0.3) is 11.1 Å². The van der Waals surface area contributed by atoms with Gasteiger partial charge in [0.2, 0.25) is 0 Å². The minimum atomic E-state index is -1.96. The highest BCUT2D eigenvalue weighted by atomic mass is 16.5. The second kappa shape index (κ2) is 8.83. The zero-order chi connectivity index (χ0) is 27.2. The van der Waals surface area contributed by atoms with E-state index in [0.717, 1.165) is 22.3 Å². The Bertz CT molecular complexity index is 1360. The molecule has 33 heavy (non-hydrogen) atoms. The molecular weight excluding hydrogens is 414 g/mol. The molecule has 0 radical (unpaired) electrons. The molecule has 1 unspecified atom stereocenters. The molecule has 170 valence electrons. The summed E-state index contributed by atoms with van der Waals surface area (Å²) >= 11 is 0. The van der Waals surface area contributed by atoms with Crippen LogP contribution in [0, 0.1) is 0 Å². The molecule has 0 aromatic heterocycles. The molecule has 5 rings (SSSR count). The molecule has 3 aromatic rings. The minimum absolute atomic E-state index is 0.0569. The van der Waals surface area contributed by atoms with E-state index in [1.807, 2.05) is 11.8 Å². The van der Waals surface area contributed by atoms with Gasteiger partial charge in [-0.2, -0.15) is 0 Å². The Morgan fingerprint density at radius 2 is 1.79 bits per heavy atom. The van der Waals surface area contributed by atoms with Crippen LogP contribution in [0.5, 0.6) is 23.0 Å². The third-order valence-corrected chi connectivity index (χ3v) is 6.14. The second-order valence-electron chi connectivity index (χ2n) is 8.42. The zero-order valence-electron chi connectivity index (χ0n) is 23.3. The maximum Gasteiger partial charge on any atom is 0.150 e. The van der Waals surface area contributed by atoms with Crippen molar-refractivity contribution in [2.24, 2.45) is 0 Å². The summed E-state index contributed by atoms with van der Waals surface area (Å²) in [6.07, 6.45) is -0.753. The van der Waals surface area contributed by atoms with E-state index in [4.69, 9.17) is 16.3 Å². The molecule has 2 aliphatic rings. The highest BCUT2D eigenvalue weighted by molar-refractivity contribution is 5.95. The van der Waals surface area contributed by atoms with Gasteiger partial charge < -0.3 is 19.7 Å². The van der Waals surface area contributed by atoms with E-state index < -0.39 is 13.0 Å². The Morgan fingerprint density at radius 3 is 2.52 bits per heavy atom. The summed E-state index contributed by atoms with van der Waals surface area (Å²) in [4.78, 5) is 1.98. The molecule has 5 nitrogen and oxygen atoms in total. The third kappa shape index (κ3) is 4.29. The third-order valence-electron chi connectivity index (χ3n) is 6.14. The Hall–Kier alpha value is -3.44. The van der Waals surface area contributed by atoms with Crippen LogP contribution in [0.4, 0.5) is 0 Å². The summed E-state index contributed by atoms with van der Waals surface area (Å²) in [5.74, 6) is 0.889. The van der Waals surface area contributed by atoms with E-state index in [2.05, 4.69) is 0 Å². The molecule has 0 aliphatic carbocycles. The van der Waals surface area contributed by atoms with Crippen LogP contribution < -0.4 is 9.47 Å². The predicted octanol–water partition coefficient (Wildman–Crippen LogP) is 5.64. The molecular formula is C28H29NO4. The summed E-state index contributed by atoms with van der Waals surface area (Å²) in [6, 6.07) is 15.1. The van der Waals surface area contributed by atoms with Crippen molar-refractivity contribution in [3.63, 3.8) is 0 Å². The molecule has 0 spiro atoms. The molecule has 1 atom stereocenters. The number of benzene rings is 3. The Balaban J connectivity index is 1.42. The first kappa shape index (κ1) is 16.2. The van der Waals surface area contributed by atoms with Crippen LogP contribution in [0.15, 0.2) is 66.7 Å². The smallest absolute Gasteiger partial charge is 0.150 e. The summed E-state index contributed by atoms with van der Waals surface area (Å²) in [5.41, 5.74) is 4.00. The highest BCUT2D eigenvalue weighted by Crippen LogP contribution is 2.47. The number of allylic oxidation sites excluding steroid dienone is 1. The Labute approximate surface area is 201 Å². The van der Waals surface area contributed by atoms with Gasteiger partial charge in [0.1, 0.15) is 35.2 Å². The van der Waals surface area contributed by atoms with Gasteiger partial charge in [-0.3, -0.25) is 4.90 Å². The lowest BCUT2D eigenvalue weighted by atomic mass is 9.86. The average molecular weight is 449 g/mol. The van der Waals surface area contributed by atoms with E-state index in [-0.39, 0.29) is 41.9 Å². The number of phenols is 2. The summed E-state index contributed by atoms with van der Waals surface area (Å²) < 4.78 is 51.6. The summed E-state index contributed by atoms with van der Waals surface area (Å²) in [7, 11) is 0. The predicted molar refractivity (Wildman–Crippen MR) is 130 cm³/mol. The average Bonchev–Trinajstić information content (AvgIpc) is 2.81. The van der Waals surface area contributed by atoms with Crippen molar-refractivity contribution < 1.29 is 26.5 Å². The fourth-order valence-corrected chi connectivity index (χ4v) is 4.39. The first-order valence-electron chi connectivity index (χ1n) is 13.5. The number of likely N-dealkylation sites (tertiary alicyclic amines) is 1. The minimum Gasteiger partial charge on any atom is -0.508 e. The molecule has 0 saturated carbocycles. The quantitative estimate of drug-likeness (QED) is 0.511. The molecule has 5 heteroatoms. The van der Waals surface area contributed by atoms with Gasteiger partial charge in [-0.05, 0) is 72.9 Å². The molecule has 0 bridgehead atoms. The molecule has 1 fully saturated rings. The zero-order valence-corrected chi connectivity index (χ0v) is 18.3. The van der Waals surface area contributed by atoms with Crippen LogP contribution in [0.3, 0.4) is 0 Å². The standard InChI is InChI=1S/C28H29NO4/c1-3-14-29-16-24(17-29)32-23-11-6-20(7-12-23)28-27(19-4-8-21(30)9-5-19)18(2)25-13-10-22(31)15-26(25)33-28/h4-13,15,24,28,30-31H,3,14,16-17H2,1-2H3/i1D3,11D,12D. The van der Waals surface area contributed by atoms with Crippen LogP contribution in [-0.2, 0) is 0 Å². The van der Waals surface area contributed by atoms with Crippen molar-refractivity contribution in [3.05, 3.63) is 83.4 Å². The van der Waals surface area contributed by atoms with Gasteiger partial charge in [0.25, 0.3) is 0 Å². The molecule has 1 saturated heterocycles. The SMILES string of the molecule is [2H]c1cc(C2Oc3cc(O)ccc3C(C)=C2c2ccc(O)cc2)cc([2H])c1OC1CN(CCC([2H])([2H])[2H])C1. The normalized spacial score (nSPS) is 21.0. The fraction of sp³-hybridized carbons (Fsp3) is 0.286. The Morgan fingerprint density at radius 1 is 1.06 bits per heavy atom. The molecule has 2 heterocycles.